The quantitative estimate of drug-likeness (QED) is 0.764. The monoisotopic (exact) mass is 219 g/mol. The molecule has 1 fully saturated rings. The number of hydrogen-bond donors (Lipinski definition) is 0. The van der Waals surface area contributed by atoms with Crippen molar-refractivity contribution in [2.24, 2.45) is 0 Å². The van der Waals surface area contributed by atoms with E-state index in [0.29, 0.717) is 31.1 Å². The molecule has 1 aromatic rings. The zero-order valence-corrected chi connectivity index (χ0v) is 9.61. The molecular weight excluding hydrogens is 202 g/mol. The zero-order chi connectivity index (χ0) is 11.5. The van der Waals surface area contributed by atoms with Crippen molar-refractivity contribution in [2.45, 2.75) is 45.1 Å². The van der Waals surface area contributed by atoms with Crippen LogP contribution in [0.4, 0.5) is 0 Å². The van der Waals surface area contributed by atoms with Crippen molar-refractivity contribution in [1.82, 2.24) is 4.57 Å². The molecule has 16 heavy (non-hydrogen) atoms. The highest BCUT2D eigenvalue weighted by molar-refractivity contribution is 5.79. The number of Topliss-reactive ketones (excluding diaryl/α,β-unsaturated/α-hetero) is 1. The van der Waals surface area contributed by atoms with Crippen molar-refractivity contribution in [2.75, 3.05) is 0 Å². The predicted octanol–water partition coefficient (Wildman–Crippen LogP) is 2.09. The highest BCUT2D eigenvalue weighted by atomic mass is 16.1. The maximum atomic E-state index is 11.4. The van der Waals surface area contributed by atoms with Gasteiger partial charge in [0, 0.05) is 31.6 Å². The van der Waals surface area contributed by atoms with Crippen LogP contribution in [0.1, 0.15) is 44.1 Å². The van der Waals surface area contributed by atoms with Crippen LogP contribution in [0.2, 0.25) is 0 Å². The van der Waals surface area contributed by atoms with Crippen LogP contribution < -0.4 is 5.56 Å². The van der Waals surface area contributed by atoms with Gasteiger partial charge in [0.15, 0.2) is 0 Å². The molecule has 0 N–H and O–H groups in total. The third-order valence-corrected chi connectivity index (χ3v) is 3.36. The van der Waals surface area contributed by atoms with Gasteiger partial charge >= 0.3 is 0 Å². The zero-order valence-electron chi connectivity index (χ0n) is 9.61. The molecule has 0 amide bonds. The molecule has 0 bridgehead atoms. The van der Waals surface area contributed by atoms with Gasteiger partial charge in [0.25, 0.3) is 5.56 Å². The van der Waals surface area contributed by atoms with Gasteiger partial charge in [-0.1, -0.05) is 6.07 Å². The molecule has 1 heterocycles. The van der Waals surface area contributed by atoms with Crippen LogP contribution >= 0.6 is 0 Å². The summed E-state index contributed by atoms with van der Waals surface area (Å²) in [4.78, 5) is 22.6. The Morgan fingerprint density at radius 1 is 1.25 bits per heavy atom. The lowest BCUT2D eigenvalue weighted by Crippen LogP contribution is -2.20. The van der Waals surface area contributed by atoms with Gasteiger partial charge < -0.3 is 4.57 Å². The summed E-state index contributed by atoms with van der Waals surface area (Å²) in [5.74, 6) is 0.830. The fraction of sp³-hybridized carbons (Fsp3) is 0.538. The van der Waals surface area contributed by atoms with Gasteiger partial charge in [-0.05, 0) is 31.2 Å². The Hall–Kier alpha value is -1.38. The van der Waals surface area contributed by atoms with E-state index in [1.165, 1.54) is 5.56 Å². The number of rotatable bonds is 2. The Morgan fingerprint density at radius 2 is 1.94 bits per heavy atom. The molecule has 0 aromatic carbocycles. The fourth-order valence-electron chi connectivity index (χ4n) is 2.31. The van der Waals surface area contributed by atoms with Gasteiger partial charge in [-0.3, -0.25) is 9.59 Å². The highest BCUT2D eigenvalue weighted by Gasteiger charge is 2.20. The van der Waals surface area contributed by atoms with Gasteiger partial charge in [0.1, 0.15) is 5.78 Å². The molecule has 0 unspecified atom stereocenters. The molecule has 0 saturated heterocycles. The van der Waals surface area contributed by atoms with Crippen molar-refractivity contribution < 1.29 is 4.79 Å². The van der Waals surface area contributed by atoms with E-state index in [0.717, 1.165) is 12.8 Å². The van der Waals surface area contributed by atoms with Crippen molar-refractivity contribution in [3.8, 4) is 0 Å². The molecule has 86 valence electrons. The normalized spacial score (nSPS) is 17.7. The maximum absolute atomic E-state index is 11.4. The number of pyridine rings is 1. The summed E-state index contributed by atoms with van der Waals surface area (Å²) in [6.07, 6.45) is 5.19. The molecule has 1 aromatic heterocycles. The van der Waals surface area contributed by atoms with Crippen LogP contribution in [-0.4, -0.2) is 10.4 Å². The Balaban J connectivity index is 2.21. The van der Waals surface area contributed by atoms with Crippen LogP contribution in [0.25, 0.3) is 0 Å². The van der Waals surface area contributed by atoms with E-state index in [1.54, 1.807) is 10.6 Å². The first kappa shape index (κ1) is 11.1. The lowest BCUT2D eigenvalue weighted by Gasteiger charge is -2.21. The van der Waals surface area contributed by atoms with Crippen LogP contribution in [0, 0.1) is 0 Å². The summed E-state index contributed by atoms with van der Waals surface area (Å²) in [5, 5.41) is 0. The Morgan fingerprint density at radius 3 is 2.56 bits per heavy atom. The first-order valence-corrected chi connectivity index (χ1v) is 5.93. The summed E-state index contributed by atoms with van der Waals surface area (Å²) < 4.78 is 1.73. The average Bonchev–Trinajstić information content (AvgIpc) is 2.31. The van der Waals surface area contributed by atoms with E-state index in [9.17, 15) is 9.59 Å². The van der Waals surface area contributed by atoms with Gasteiger partial charge in [-0.2, -0.15) is 0 Å². The molecule has 0 radical (unpaired) electrons. The van der Waals surface area contributed by atoms with Crippen LogP contribution in [0.15, 0.2) is 23.1 Å². The minimum Gasteiger partial charge on any atom is -0.316 e. The maximum Gasteiger partial charge on any atom is 0.250 e. The van der Waals surface area contributed by atoms with E-state index in [-0.39, 0.29) is 5.56 Å². The largest absolute Gasteiger partial charge is 0.316 e. The number of aromatic nitrogens is 1. The Labute approximate surface area is 95.1 Å². The smallest absolute Gasteiger partial charge is 0.250 e. The lowest BCUT2D eigenvalue weighted by molar-refractivity contribution is -0.120. The van der Waals surface area contributed by atoms with Gasteiger partial charge in [0.2, 0.25) is 0 Å². The second-order valence-corrected chi connectivity index (χ2v) is 4.40. The number of carbonyl (C=O) groups is 1. The summed E-state index contributed by atoms with van der Waals surface area (Å²) in [7, 11) is 0. The predicted molar refractivity (Wildman–Crippen MR) is 62.6 cm³/mol. The fourth-order valence-corrected chi connectivity index (χ4v) is 2.31. The third kappa shape index (κ3) is 2.23. The van der Waals surface area contributed by atoms with Crippen molar-refractivity contribution in [3.63, 3.8) is 0 Å². The number of ketones is 1. The van der Waals surface area contributed by atoms with E-state index < -0.39 is 0 Å². The molecular formula is C13H17NO2. The Bertz CT molecular complexity index is 437. The number of hydrogen-bond acceptors (Lipinski definition) is 2. The molecule has 2 rings (SSSR count). The topological polar surface area (TPSA) is 39.1 Å². The molecule has 0 atom stereocenters. The second-order valence-electron chi connectivity index (χ2n) is 4.40. The van der Waals surface area contributed by atoms with Gasteiger partial charge in [-0.15, -0.1) is 0 Å². The molecule has 1 saturated carbocycles. The summed E-state index contributed by atoms with van der Waals surface area (Å²) in [6, 6.07) is 3.55. The highest BCUT2D eigenvalue weighted by Crippen LogP contribution is 2.30. The van der Waals surface area contributed by atoms with Crippen LogP contribution in [-0.2, 0) is 11.3 Å². The molecule has 1 aliphatic rings. The number of carbonyl (C=O) groups excluding carboxylic acids is 1. The van der Waals surface area contributed by atoms with E-state index in [4.69, 9.17) is 0 Å². The molecule has 0 spiro atoms. The first-order chi connectivity index (χ1) is 7.70. The second kappa shape index (κ2) is 4.64. The number of nitrogens with zero attached hydrogens (tertiary/aromatic N) is 1. The standard InChI is InChI=1S/C13H17NO2/c1-2-14-9-11(5-8-13(14)16)10-3-6-12(15)7-4-10/h5,8-10H,2-4,6-7H2,1H3. The number of aryl methyl sites for hydroxylation is 1. The van der Waals surface area contributed by atoms with Gasteiger partial charge in [-0.25, -0.2) is 0 Å². The minimum atomic E-state index is 0.0538. The van der Waals surface area contributed by atoms with Crippen LogP contribution in [0.3, 0.4) is 0 Å². The third-order valence-electron chi connectivity index (χ3n) is 3.36. The average molecular weight is 219 g/mol. The SMILES string of the molecule is CCn1cc(C2CCC(=O)CC2)ccc1=O. The molecule has 3 heteroatoms. The lowest BCUT2D eigenvalue weighted by atomic mass is 9.84. The first-order valence-electron chi connectivity index (χ1n) is 5.93. The van der Waals surface area contributed by atoms with Crippen LogP contribution in [0.5, 0.6) is 0 Å². The summed E-state index contributed by atoms with van der Waals surface area (Å²) in [6.45, 7) is 2.67. The van der Waals surface area contributed by atoms with E-state index >= 15 is 0 Å². The van der Waals surface area contributed by atoms with Crippen molar-refractivity contribution in [3.05, 3.63) is 34.2 Å². The molecule has 3 nitrogen and oxygen atoms in total. The molecule has 1 aliphatic carbocycles. The molecule has 0 aliphatic heterocycles. The summed E-state index contributed by atoms with van der Waals surface area (Å²) in [5.41, 5.74) is 1.26. The van der Waals surface area contributed by atoms with E-state index in [2.05, 4.69) is 0 Å². The van der Waals surface area contributed by atoms with Crippen molar-refractivity contribution >= 4 is 5.78 Å². The van der Waals surface area contributed by atoms with Crippen molar-refractivity contribution in [1.29, 1.82) is 0 Å². The van der Waals surface area contributed by atoms with Gasteiger partial charge in [0.05, 0.1) is 0 Å². The summed E-state index contributed by atoms with van der Waals surface area (Å²) >= 11 is 0. The minimum absolute atomic E-state index is 0.0538. The van der Waals surface area contributed by atoms with E-state index in [1.807, 2.05) is 19.2 Å². The Kier molecular flexibility index (Phi) is 3.22.